The summed E-state index contributed by atoms with van der Waals surface area (Å²) in [5.74, 6) is -0.179. The molecule has 26 heavy (non-hydrogen) atoms. The number of aromatic nitrogens is 1. The van der Waals surface area contributed by atoms with Gasteiger partial charge in [0.1, 0.15) is 4.64 Å². The normalized spacial score (nSPS) is 10.5. The number of amides is 1. The Balaban J connectivity index is 1.48. The number of carbonyl (C=O) groups excluding carboxylic acids is 1. The number of hydrogen-bond acceptors (Lipinski definition) is 3. The van der Waals surface area contributed by atoms with Crippen molar-refractivity contribution < 1.29 is 9.53 Å². The van der Waals surface area contributed by atoms with Crippen LogP contribution >= 0.6 is 12.2 Å². The van der Waals surface area contributed by atoms with Crippen molar-refractivity contribution in [2.24, 2.45) is 0 Å². The van der Waals surface area contributed by atoms with Crippen LogP contribution in [0.1, 0.15) is 27.0 Å². The molecule has 0 atom stereocenters. The van der Waals surface area contributed by atoms with Crippen LogP contribution in [0.4, 0.5) is 0 Å². The average molecular weight is 364 g/mol. The quantitative estimate of drug-likeness (QED) is 0.611. The second-order valence-electron chi connectivity index (χ2n) is 5.89. The SMILES string of the molecule is O=C(NCc1ccc(COCc2ccccc2)cc1)c1ccc[nH]c1=S. The van der Waals surface area contributed by atoms with Crippen molar-refractivity contribution in [3.05, 3.63) is 99.8 Å². The molecule has 2 aromatic carbocycles. The number of carbonyl (C=O) groups is 1. The predicted molar refractivity (Wildman–Crippen MR) is 104 cm³/mol. The molecule has 0 fully saturated rings. The maximum Gasteiger partial charge on any atom is 0.254 e. The number of aromatic amines is 1. The van der Waals surface area contributed by atoms with E-state index in [1.54, 1.807) is 18.3 Å². The minimum atomic E-state index is -0.179. The zero-order valence-electron chi connectivity index (χ0n) is 14.3. The lowest BCUT2D eigenvalue weighted by atomic mass is 10.1. The molecule has 0 bridgehead atoms. The van der Waals surface area contributed by atoms with Crippen LogP contribution in [0.15, 0.2) is 72.9 Å². The summed E-state index contributed by atoms with van der Waals surface area (Å²) >= 11 is 5.12. The number of nitrogens with one attached hydrogen (secondary N) is 2. The van der Waals surface area contributed by atoms with Crippen molar-refractivity contribution in [3.63, 3.8) is 0 Å². The van der Waals surface area contributed by atoms with Gasteiger partial charge in [0, 0.05) is 12.7 Å². The summed E-state index contributed by atoms with van der Waals surface area (Å²) in [7, 11) is 0. The summed E-state index contributed by atoms with van der Waals surface area (Å²) in [5.41, 5.74) is 3.76. The molecule has 5 heteroatoms. The van der Waals surface area contributed by atoms with Crippen LogP contribution < -0.4 is 5.32 Å². The first-order valence-corrected chi connectivity index (χ1v) is 8.78. The van der Waals surface area contributed by atoms with Crippen LogP contribution in [0.3, 0.4) is 0 Å². The van der Waals surface area contributed by atoms with E-state index in [-0.39, 0.29) is 5.91 Å². The number of benzene rings is 2. The maximum atomic E-state index is 12.2. The third kappa shape index (κ3) is 5.12. The minimum Gasteiger partial charge on any atom is -0.372 e. The van der Waals surface area contributed by atoms with Crippen molar-refractivity contribution in [2.45, 2.75) is 19.8 Å². The highest BCUT2D eigenvalue weighted by molar-refractivity contribution is 7.71. The van der Waals surface area contributed by atoms with Crippen molar-refractivity contribution in [1.82, 2.24) is 10.3 Å². The van der Waals surface area contributed by atoms with Crippen molar-refractivity contribution in [2.75, 3.05) is 0 Å². The van der Waals surface area contributed by atoms with Crippen LogP contribution in [0.5, 0.6) is 0 Å². The first kappa shape index (κ1) is 18.0. The lowest BCUT2D eigenvalue weighted by Gasteiger charge is -2.08. The molecule has 1 amide bonds. The van der Waals surface area contributed by atoms with Gasteiger partial charge in [-0.2, -0.15) is 0 Å². The van der Waals surface area contributed by atoms with E-state index in [0.717, 1.165) is 16.7 Å². The number of pyridine rings is 1. The molecular formula is C21H20N2O2S. The van der Waals surface area contributed by atoms with Gasteiger partial charge in [-0.15, -0.1) is 0 Å². The van der Waals surface area contributed by atoms with Gasteiger partial charge in [0.25, 0.3) is 5.91 Å². The van der Waals surface area contributed by atoms with E-state index in [4.69, 9.17) is 17.0 Å². The van der Waals surface area contributed by atoms with Crippen molar-refractivity contribution in [3.8, 4) is 0 Å². The Kier molecular flexibility index (Phi) is 6.30. The Bertz CT molecular complexity index is 905. The smallest absolute Gasteiger partial charge is 0.254 e. The lowest BCUT2D eigenvalue weighted by molar-refractivity contribution is 0.0950. The second-order valence-corrected chi connectivity index (χ2v) is 6.30. The van der Waals surface area contributed by atoms with Gasteiger partial charge >= 0.3 is 0 Å². The Morgan fingerprint density at radius 3 is 2.23 bits per heavy atom. The van der Waals surface area contributed by atoms with E-state index < -0.39 is 0 Å². The van der Waals surface area contributed by atoms with Crippen molar-refractivity contribution >= 4 is 18.1 Å². The van der Waals surface area contributed by atoms with Crippen LogP contribution in [-0.4, -0.2) is 10.9 Å². The molecule has 0 spiro atoms. The fourth-order valence-corrected chi connectivity index (χ4v) is 2.72. The molecule has 0 unspecified atom stereocenters. The van der Waals surface area contributed by atoms with Crippen LogP contribution in [0.2, 0.25) is 0 Å². The minimum absolute atomic E-state index is 0.179. The lowest BCUT2D eigenvalue weighted by Crippen LogP contribution is -2.23. The highest BCUT2D eigenvalue weighted by Crippen LogP contribution is 2.09. The predicted octanol–water partition coefficient (Wildman–Crippen LogP) is 4.39. The molecule has 1 aromatic heterocycles. The molecule has 0 saturated carbocycles. The zero-order chi connectivity index (χ0) is 18.2. The Morgan fingerprint density at radius 2 is 1.54 bits per heavy atom. The van der Waals surface area contributed by atoms with Gasteiger partial charge < -0.3 is 15.0 Å². The van der Waals surface area contributed by atoms with Crippen LogP contribution in [0.25, 0.3) is 0 Å². The molecule has 132 valence electrons. The molecule has 0 radical (unpaired) electrons. The van der Waals surface area contributed by atoms with E-state index in [0.29, 0.717) is 30.0 Å². The van der Waals surface area contributed by atoms with E-state index >= 15 is 0 Å². The molecule has 0 aliphatic rings. The Morgan fingerprint density at radius 1 is 0.885 bits per heavy atom. The maximum absolute atomic E-state index is 12.2. The standard InChI is InChI=1S/C21H20N2O2S/c24-20(19-7-4-12-22-21(19)26)23-13-16-8-10-18(11-9-16)15-25-14-17-5-2-1-3-6-17/h1-12H,13-15H2,(H,22,26)(H,23,24). The van der Waals surface area contributed by atoms with Gasteiger partial charge in [0.2, 0.25) is 0 Å². The summed E-state index contributed by atoms with van der Waals surface area (Å²) in [6.07, 6.45) is 1.71. The number of hydrogen-bond donors (Lipinski definition) is 2. The molecule has 1 heterocycles. The molecule has 2 N–H and O–H groups in total. The third-order valence-corrected chi connectivity index (χ3v) is 4.26. The number of ether oxygens (including phenoxy) is 1. The highest BCUT2D eigenvalue weighted by atomic mass is 32.1. The largest absolute Gasteiger partial charge is 0.372 e. The van der Waals surface area contributed by atoms with Gasteiger partial charge in [-0.1, -0.05) is 66.8 Å². The van der Waals surface area contributed by atoms with E-state index in [2.05, 4.69) is 10.3 Å². The van der Waals surface area contributed by atoms with Gasteiger partial charge in [0.15, 0.2) is 0 Å². The van der Waals surface area contributed by atoms with Gasteiger partial charge in [0.05, 0.1) is 18.8 Å². The summed E-state index contributed by atoms with van der Waals surface area (Å²) < 4.78 is 6.17. The molecular weight excluding hydrogens is 344 g/mol. The molecule has 4 nitrogen and oxygen atoms in total. The van der Waals surface area contributed by atoms with Crippen LogP contribution in [0, 0.1) is 4.64 Å². The summed E-state index contributed by atoms with van der Waals surface area (Å²) in [5, 5.41) is 2.88. The Labute approximate surface area is 157 Å². The van der Waals surface area contributed by atoms with Gasteiger partial charge in [-0.25, -0.2) is 0 Å². The van der Waals surface area contributed by atoms with E-state index in [9.17, 15) is 4.79 Å². The summed E-state index contributed by atoms with van der Waals surface area (Å²) in [4.78, 5) is 15.0. The fraction of sp³-hybridized carbons (Fsp3) is 0.143. The fourth-order valence-electron chi connectivity index (χ4n) is 2.49. The summed E-state index contributed by atoms with van der Waals surface area (Å²) in [6, 6.07) is 21.6. The van der Waals surface area contributed by atoms with E-state index in [1.807, 2.05) is 54.6 Å². The molecule has 3 rings (SSSR count). The third-order valence-electron chi connectivity index (χ3n) is 3.92. The summed E-state index contributed by atoms with van der Waals surface area (Å²) in [6.45, 7) is 1.60. The zero-order valence-corrected chi connectivity index (χ0v) is 15.1. The molecule has 0 saturated heterocycles. The topological polar surface area (TPSA) is 54.1 Å². The first-order chi connectivity index (χ1) is 12.7. The molecule has 0 aliphatic heterocycles. The van der Waals surface area contributed by atoms with Gasteiger partial charge in [-0.05, 0) is 28.8 Å². The van der Waals surface area contributed by atoms with Crippen molar-refractivity contribution in [1.29, 1.82) is 0 Å². The highest BCUT2D eigenvalue weighted by Gasteiger charge is 2.06. The van der Waals surface area contributed by atoms with E-state index in [1.165, 1.54) is 0 Å². The average Bonchev–Trinajstić information content (AvgIpc) is 2.68. The van der Waals surface area contributed by atoms with Gasteiger partial charge in [-0.3, -0.25) is 4.79 Å². The molecule has 0 aliphatic carbocycles. The molecule has 3 aromatic rings. The second kappa shape index (κ2) is 9.08. The Hall–Kier alpha value is -2.76. The number of H-pyrrole nitrogens is 1. The monoisotopic (exact) mass is 364 g/mol. The van der Waals surface area contributed by atoms with Crippen LogP contribution in [-0.2, 0) is 24.5 Å². The first-order valence-electron chi connectivity index (χ1n) is 8.38. The number of rotatable bonds is 7.